The zero-order valence-electron chi connectivity index (χ0n) is 7.76. The SMILES string of the molecule is Cc1cc(Cl)ccc1[C@@H](N)CCN. The van der Waals surface area contributed by atoms with Gasteiger partial charge < -0.3 is 11.5 Å². The van der Waals surface area contributed by atoms with Gasteiger partial charge in [-0.1, -0.05) is 17.7 Å². The summed E-state index contributed by atoms with van der Waals surface area (Å²) in [4.78, 5) is 0. The Labute approximate surface area is 83.9 Å². The van der Waals surface area contributed by atoms with Gasteiger partial charge in [0.1, 0.15) is 0 Å². The first kappa shape index (κ1) is 10.5. The third-order valence-corrected chi connectivity index (χ3v) is 2.34. The standard InChI is InChI=1S/C10H15ClN2/c1-7-6-8(11)2-3-9(7)10(13)4-5-12/h2-3,6,10H,4-5,12-13H2,1H3/t10-/m0/s1. The van der Waals surface area contributed by atoms with Crippen LogP contribution in [0, 0.1) is 6.92 Å². The molecule has 3 heteroatoms. The lowest BCUT2D eigenvalue weighted by Crippen LogP contribution is -2.16. The predicted octanol–water partition coefficient (Wildman–Crippen LogP) is 2.00. The van der Waals surface area contributed by atoms with Crippen molar-refractivity contribution in [3.63, 3.8) is 0 Å². The van der Waals surface area contributed by atoms with E-state index in [0.717, 1.165) is 22.6 Å². The summed E-state index contributed by atoms with van der Waals surface area (Å²) in [6.45, 7) is 2.63. The van der Waals surface area contributed by atoms with E-state index in [4.69, 9.17) is 23.1 Å². The molecule has 4 N–H and O–H groups in total. The van der Waals surface area contributed by atoms with E-state index in [2.05, 4.69) is 0 Å². The third-order valence-electron chi connectivity index (χ3n) is 2.11. The first-order valence-corrected chi connectivity index (χ1v) is 4.74. The van der Waals surface area contributed by atoms with E-state index in [9.17, 15) is 0 Å². The highest BCUT2D eigenvalue weighted by molar-refractivity contribution is 6.30. The molecule has 0 radical (unpaired) electrons. The van der Waals surface area contributed by atoms with Crippen LogP contribution in [-0.2, 0) is 0 Å². The second kappa shape index (κ2) is 4.61. The number of halogens is 1. The largest absolute Gasteiger partial charge is 0.330 e. The topological polar surface area (TPSA) is 52.0 Å². The molecule has 1 atom stereocenters. The Balaban J connectivity index is 2.88. The summed E-state index contributed by atoms with van der Waals surface area (Å²) in [5, 5.41) is 0.751. The highest BCUT2D eigenvalue weighted by Crippen LogP contribution is 2.21. The number of hydrogen-bond acceptors (Lipinski definition) is 2. The molecule has 0 aliphatic carbocycles. The van der Waals surface area contributed by atoms with Gasteiger partial charge in [-0.2, -0.15) is 0 Å². The van der Waals surface area contributed by atoms with Gasteiger partial charge in [0.25, 0.3) is 0 Å². The van der Waals surface area contributed by atoms with Crippen molar-refractivity contribution in [3.8, 4) is 0 Å². The summed E-state index contributed by atoms with van der Waals surface area (Å²) in [5.74, 6) is 0. The molecular weight excluding hydrogens is 184 g/mol. The van der Waals surface area contributed by atoms with E-state index in [1.807, 2.05) is 25.1 Å². The molecule has 0 saturated carbocycles. The van der Waals surface area contributed by atoms with E-state index in [-0.39, 0.29) is 6.04 Å². The van der Waals surface area contributed by atoms with E-state index < -0.39 is 0 Å². The summed E-state index contributed by atoms with van der Waals surface area (Å²) in [7, 11) is 0. The molecular formula is C10H15ClN2. The second-order valence-corrected chi connectivity index (χ2v) is 3.62. The molecule has 0 aliphatic rings. The van der Waals surface area contributed by atoms with Gasteiger partial charge in [0.2, 0.25) is 0 Å². The Kier molecular flexibility index (Phi) is 3.72. The van der Waals surface area contributed by atoms with E-state index in [1.165, 1.54) is 0 Å². The number of benzene rings is 1. The molecule has 1 rings (SSSR count). The summed E-state index contributed by atoms with van der Waals surface area (Å²) in [6.07, 6.45) is 0.808. The summed E-state index contributed by atoms with van der Waals surface area (Å²) >= 11 is 5.83. The zero-order valence-corrected chi connectivity index (χ0v) is 8.51. The van der Waals surface area contributed by atoms with E-state index in [0.29, 0.717) is 6.54 Å². The fourth-order valence-corrected chi connectivity index (χ4v) is 1.62. The van der Waals surface area contributed by atoms with E-state index >= 15 is 0 Å². The van der Waals surface area contributed by atoms with Crippen LogP contribution in [0.25, 0.3) is 0 Å². The van der Waals surface area contributed by atoms with Gasteiger partial charge in [-0.3, -0.25) is 0 Å². The Bertz CT molecular complexity index is 286. The third kappa shape index (κ3) is 2.69. The van der Waals surface area contributed by atoms with Crippen LogP contribution in [0.4, 0.5) is 0 Å². The Morgan fingerprint density at radius 1 is 1.46 bits per heavy atom. The molecule has 72 valence electrons. The van der Waals surface area contributed by atoms with Gasteiger partial charge in [-0.25, -0.2) is 0 Å². The summed E-state index contributed by atoms with van der Waals surface area (Å²) < 4.78 is 0. The highest BCUT2D eigenvalue weighted by atomic mass is 35.5. The van der Waals surface area contributed by atoms with Gasteiger partial charge >= 0.3 is 0 Å². The molecule has 2 nitrogen and oxygen atoms in total. The Morgan fingerprint density at radius 2 is 2.15 bits per heavy atom. The second-order valence-electron chi connectivity index (χ2n) is 3.18. The van der Waals surface area contributed by atoms with Crippen molar-refractivity contribution in [1.29, 1.82) is 0 Å². The van der Waals surface area contributed by atoms with E-state index in [1.54, 1.807) is 0 Å². The van der Waals surface area contributed by atoms with Crippen molar-refractivity contribution in [2.24, 2.45) is 11.5 Å². The number of hydrogen-bond donors (Lipinski definition) is 2. The fourth-order valence-electron chi connectivity index (χ4n) is 1.39. The first-order valence-electron chi connectivity index (χ1n) is 4.37. The Morgan fingerprint density at radius 3 is 2.69 bits per heavy atom. The minimum absolute atomic E-state index is 0.0299. The maximum Gasteiger partial charge on any atom is 0.0408 e. The zero-order chi connectivity index (χ0) is 9.84. The molecule has 0 spiro atoms. The van der Waals surface area contributed by atoms with Crippen molar-refractivity contribution < 1.29 is 0 Å². The molecule has 0 fully saturated rings. The molecule has 0 unspecified atom stereocenters. The monoisotopic (exact) mass is 198 g/mol. The maximum atomic E-state index is 5.93. The normalized spacial score (nSPS) is 12.9. The average Bonchev–Trinajstić information content (AvgIpc) is 2.04. The first-order chi connectivity index (χ1) is 6.15. The molecule has 13 heavy (non-hydrogen) atoms. The predicted molar refractivity (Wildman–Crippen MR) is 56.8 cm³/mol. The van der Waals surface area contributed by atoms with Crippen LogP contribution in [-0.4, -0.2) is 6.54 Å². The fraction of sp³-hybridized carbons (Fsp3) is 0.400. The van der Waals surface area contributed by atoms with Crippen molar-refractivity contribution in [2.45, 2.75) is 19.4 Å². The maximum absolute atomic E-state index is 5.93. The molecule has 0 amide bonds. The minimum atomic E-state index is 0.0299. The van der Waals surface area contributed by atoms with Crippen LogP contribution in [0.15, 0.2) is 18.2 Å². The van der Waals surface area contributed by atoms with Crippen LogP contribution < -0.4 is 11.5 Å². The lowest BCUT2D eigenvalue weighted by atomic mass is 10.00. The van der Waals surface area contributed by atoms with Crippen LogP contribution in [0.5, 0.6) is 0 Å². The molecule has 0 aromatic heterocycles. The van der Waals surface area contributed by atoms with Crippen LogP contribution in [0.1, 0.15) is 23.6 Å². The molecule has 1 aromatic rings. The van der Waals surface area contributed by atoms with Gasteiger partial charge in [0.15, 0.2) is 0 Å². The van der Waals surface area contributed by atoms with Gasteiger partial charge in [0.05, 0.1) is 0 Å². The quantitative estimate of drug-likeness (QED) is 0.781. The van der Waals surface area contributed by atoms with Crippen molar-refractivity contribution in [2.75, 3.05) is 6.54 Å². The van der Waals surface area contributed by atoms with Crippen molar-refractivity contribution in [3.05, 3.63) is 34.3 Å². The molecule has 0 bridgehead atoms. The van der Waals surface area contributed by atoms with Crippen molar-refractivity contribution >= 4 is 11.6 Å². The van der Waals surface area contributed by atoms with Gasteiger partial charge in [-0.05, 0) is 43.1 Å². The summed E-state index contributed by atoms with van der Waals surface area (Å²) in [5.41, 5.74) is 13.6. The Hall–Kier alpha value is -0.570. The highest BCUT2D eigenvalue weighted by Gasteiger charge is 2.07. The van der Waals surface area contributed by atoms with Crippen LogP contribution >= 0.6 is 11.6 Å². The smallest absolute Gasteiger partial charge is 0.0408 e. The minimum Gasteiger partial charge on any atom is -0.330 e. The number of aryl methyl sites for hydroxylation is 1. The van der Waals surface area contributed by atoms with Crippen LogP contribution in [0.2, 0.25) is 5.02 Å². The lowest BCUT2D eigenvalue weighted by Gasteiger charge is -2.13. The lowest BCUT2D eigenvalue weighted by molar-refractivity contribution is 0.658. The summed E-state index contributed by atoms with van der Waals surface area (Å²) in [6, 6.07) is 5.79. The number of rotatable bonds is 3. The van der Waals surface area contributed by atoms with Crippen molar-refractivity contribution in [1.82, 2.24) is 0 Å². The molecule has 0 aliphatic heterocycles. The molecule has 1 aromatic carbocycles. The van der Waals surface area contributed by atoms with Crippen LogP contribution in [0.3, 0.4) is 0 Å². The average molecular weight is 199 g/mol. The van der Waals surface area contributed by atoms with Gasteiger partial charge in [0, 0.05) is 11.1 Å². The molecule has 0 heterocycles. The number of nitrogens with two attached hydrogens (primary N) is 2. The van der Waals surface area contributed by atoms with Gasteiger partial charge in [-0.15, -0.1) is 0 Å². The molecule has 0 saturated heterocycles.